The minimum Gasteiger partial charge on any atom is -0.348 e. The Kier molecular flexibility index (Phi) is 5.33. The van der Waals surface area contributed by atoms with Gasteiger partial charge >= 0.3 is 6.18 Å². The third-order valence-corrected chi connectivity index (χ3v) is 4.54. The van der Waals surface area contributed by atoms with Crippen LogP contribution in [0.1, 0.15) is 36.2 Å². The average molecular weight is 415 g/mol. The topological polar surface area (TPSA) is 66.8 Å². The molecule has 0 bridgehead atoms. The van der Waals surface area contributed by atoms with E-state index in [1.165, 1.54) is 9.58 Å². The van der Waals surface area contributed by atoms with E-state index in [0.717, 1.165) is 12.1 Å². The minimum absolute atomic E-state index is 0.0519. The number of halogens is 5. The molecule has 0 aliphatic heterocycles. The van der Waals surface area contributed by atoms with E-state index in [1.807, 2.05) is 0 Å². The molecule has 3 aromatic rings. The monoisotopic (exact) mass is 415 g/mol. The molecule has 0 radical (unpaired) electrons. The van der Waals surface area contributed by atoms with E-state index >= 15 is 0 Å². The van der Waals surface area contributed by atoms with Gasteiger partial charge in [0, 0.05) is 14.1 Å². The van der Waals surface area contributed by atoms with E-state index in [-0.39, 0.29) is 28.2 Å². The lowest BCUT2D eigenvalue weighted by molar-refractivity contribution is -0.140. The standard InChI is InChI=1S/C18H18F5N5O/c1-4-13(9-5-6-10(11(20)7-9)18(21,22)23)28-15-14(12(8-19)26-28)16(29)25-17(24-15)27(2)3/h5-7,13H,4,8H2,1-3H3,(H,24,25,29)/t13-/m1/s1. The molecule has 0 unspecified atom stereocenters. The lowest BCUT2D eigenvalue weighted by Gasteiger charge is -2.19. The summed E-state index contributed by atoms with van der Waals surface area (Å²) in [6.07, 6.45) is -4.53. The highest BCUT2D eigenvalue weighted by Gasteiger charge is 2.34. The van der Waals surface area contributed by atoms with Crippen LogP contribution in [0.15, 0.2) is 23.0 Å². The molecule has 0 saturated carbocycles. The summed E-state index contributed by atoms with van der Waals surface area (Å²) in [6.45, 7) is 0.677. The van der Waals surface area contributed by atoms with Crippen molar-refractivity contribution in [2.24, 2.45) is 0 Å². The third kappa shape index (κ3) is 3.68. The van der Waals surface area contributed by atoms with E-state index in [0.29, 0.717) is 12.5 Å². The Morgan fingerprint density at radius 1 is 1.28 bits per heavy atom. The number of aromatic amines is 1. The lowest BCUT2D eigenvalue weighted by atomic mass is 10.0. The van der Waals surface area contributed by atoms with Crippen molar-refractivity contribution in [3.8, 4) is 0 Å². The first-order valence-electron chi connectivity index (χ1n) is 8.69. The van der Waals surface area contributed by atoms with Gasteiger partial charge in [0.25, 0.3) is 5.56 Å². The highest BCUT2D eigenvalue weighted by atomic mass is 19.4. The van der Waals surface area contributed by atoms with Crippen LogP contribution >= 0.6 is 0 Å². The summed E-state index contributed by atoms with van der Waals surface area (Å²) in [4.78, 5) is 20.8. The molecule has 29 heavy (non-hydrogen) atoms. The number of rotatable bonds is 5. The predicted octanol–water partition coefficient (Wildman–Crippen LogP) is 3.81. The molecule has 3 rings (SSSR count). The van der Waals surface area contributed by atoms with Crippen molar-refractivity contribution < 1.29 is 22.0 Å². The molecule has 1 N–H and O–H groups in total. The number of anilines is 1. The number of hydrogen-bond donors (Lipinski definition) is 1. The Labute approximate surface area is 162 Å². The summed E-state index contributed by atoms with van der Waals surface area (Å²) in [5.74, 6) is -1.22. The number of benzene rings is 1. The van der Waals surface area contributed by atoms with Crippen molar-refractivity contribution in [2.75, 3.05) is 19.0 Å². The zero-order valence-electron chi connectivity index (χ0n) is 15.8. The first-order valence-corrected chi connectivity index (χ1v) is 8.69. The van der Waals surface area contributed by atoms with Crippen molar-refractivity contribution in [1.29, 1.82) is 0 Å². The molecule has 1 atom stereocenters. The van der Waals surface area contributed by atoms with E-state index in [4.69, 9.17) is 0 Å². The van der Waals surface area contributed by atoms with Crippen LogP contribution in [-0.4, -0.2) is 33.8 Å². The summed E-state index contributed by atoms with van der Waals surface area (Å²) in [7, 11) is 3.28. The Bertz CT molecular complexity index is 1100. The van der Waals surface area contributed by atoms with Gasteiger partial charge in [-0.05, 0) is 24.1 Å². The third-order valence-electron chi connectivity index (χ3n) is 4.54. The van der Waals surface area contributed by atoms with E-state index < -0.39 is 35.8 Å². The molecule has 6 nitrogen and oxygen atoms in total. The summed E-state index contributed by atoms with van der Waals surface area (Å²) < 4.78 is 67.4. The van der Waals surface area contributed by atoms with Gasteiger partial charge in [0.15, 0.2) is 5.65 Å². The summed E-state index contributed by atoms with van der Waals surface area (Å²) in [5, 5.41) is 4.06. The first-order chi connectivity index (χ1) is 13.6. The van der Waals surface area contributed by atoms with Crippen LogP contribution in [0.4, 0.5) is 27.9 Å². The Morgan fingerprint density at radius 3 is 2.48 bits per heavy atom. The maximum atomic E-state index is 14.1. The van der Waals surface area contributed by atoms with Crippen molar-refractivity contribution >= 4 is 17.0 Å². The Balaban J connectivity index is 2.22. The molecule has 156 valence electrons. The molecule has 2 heterocycles. The SMILES string of the molecule is CC[C@H](c1ccc(C(F)(F)F)c(F)c1)n1nc(CF)c2c(=O)[nH]c(N(C)C)nc21. The van der Waals surface area contributed by atoms with E-state index in [9.17, 15) is 26.7 Å². The average Bonchev–Trinajstić information content (AvgIpc) is 3.00. The van der Waals surface area contributed by atoms with Crippen LogP contribution in [0.3, 0.4) is 0 Å². The molecule has 0 aliphatic carbocycles. The maximum absolute atomic E-state index is 14.1. The lowest BCUT2D eigenvalue weighted by Crippen LogP contribution is -2.20. The number of fused-ring (bicyclic) bond motifs is 1. The van der Waals surface area contributed by atoms with Gasteiger partial charge in [-0.15, -0.1) is 0 Å². The largest absolute Gasteiger partial charge is 0.419 e. The van der Waals surface area contributed by atoms with Crippen LogP contribution in [0, 0.1) is 5.82 Å². The van der Waals surface area contributed by atoms with Crippen LogP contribution in [-0.2, 0) is 12.9 Å². The van der Waals surface area contributed by atoms with Crippen LogP contribution < -0.4 is 10.5 Å². The molecule has 2 aromatic heterocycles. The predicted molar refractivity (Wildman–Crippen MR) is 97.1 cm³/mol. The van der Waals surface area contributed by atoms with Crippen LogP contribution in [0.25, 0.3) is 11.0 Å². The summed E-state index contributed by atoms with van der Waals surface area (Å²) >= 11 is 0. The molecular formula is C18H18F5N5O. The highest BCUT2D eigenvalue weighted by molar-refractivity contribution is 5.78. The van der Waals surface area contributed by atoms with Gasteiger partial charge in [-0.25, -0.2) is 13.5 Å². The second kappa shape index (κ2) is 7.45. The molecule has 11 heteroatoms. The number of nitrogens with one attached hydrogen (secondary N) is 1. The molecular weight excluding hydrogens is 397 g/mol. The van der Waals surface area contributed by atoms with Gasteiger partial charge in [-0.1, -0.05) is 13.0 Å². The summed E-state index contributed by atoms with van der Waals surface area (Å²) in [5.41, 5.74) is -1.86. The highest BCUT2D eigenvalue weighted by Crippen LogP contribution is 2.34. The van der Waals surface area contributed by atoms with Gasteiger partial charge < -0.3 is 4.90 Å². The number of H-pyrrole nitrogens is 1. The normalized spacial score (nSPS) is 13.1. The molecule has 1 aromatic carbocycles. The van der Waals surface area contributed by atoms with Gasteiger partial charge in [0.2, 0.25) is 5.95 Å². The molecule has 0 aliphatic rings. The van der Waals surface area contributed by atoms with Crippen molar-refractivity contribution in [2.45, 2.75) is 32.2 Å². The Morgan fingerprint density at radius 2 is 1.97 bits per heavy atom. The van der Waals surface area contributed by atoms with E-state index in [2.05, 4.69) is 15.1 Å². The first kappa shape index (κ1) is 20.7. The van der Waals surface area contributed by atoms with Gasteiger partial charge in [-0.2, -0.15) is 23.3 Å². The Hall–Kier alpha value is -2.98. The smallest absolute Gasteiger partial charge is 0.348 e. The molecule has 0 spiro atoms. The number of hydrogen-bond acceptors (Lipinski definition) is 4. The fraction of sp³-hybridized carbons (Fsp3) is 0.389. The number of alkyl halides is 4. The van der Waals surface area contributed by atoms with Crippen molar-refractivity contribution in [3.05, 3.63) is 51.2 Å². The minimum atomic E-state index is -4.82. The van der Waals surface area contributed by atoms with Crippen molar-refractivity contribution in [1.82, 2.24) is 19.7 Å². The van der Waals surface area contributed by atoms with Crippen LogP contribution in [0.5, 0.6) is 0 Å². The zero-order chi connectivity index (χ0) is 21.5. The van der Waals surface area contributed by atoms with Gasteiger partial charge in [0.1, 0.15) is 23.6 Å². The number of nitrogens with zero attached hydrogens (tertiary/aromatic N) is 4. The fourth-order valence-electron chi connectivity index (χ4n) is 3.14. The molecule has 0 fully saturated rings. The van der Waals surface area contributed by atoms with Gasteiger partial charge in [-0.3, -0.25) is 9.78 Å². The second-order valence-corrected chi connectivity index (χ2v) is 6.67. The second-order valence-electron chi connectivity index (χ2n) is 6.67. The maximum Gasteiger partial charge on any atom is 0.419 e. The van der Waals surface area contributed by atoms with E-state index in [1.54, 1.807) is 21.0 Å². The summed E-state index contributed by atoms with van der Waals surface area (Å²) in [6, 6.07) is 1.82. The molecule has 0 saturated heterocycles. The zero-order valence-corrected chi connectivity index (χ0v) is 15.8. The molecule has 0 amide bonds. The number of aromatic nitrogens is 4. The van der Waals surface area contributed by atoms with Crippen molar-refractivity contribution in [3.63, 3.8) is 0 Å². The quantitative estimate of drug-likeness (QED) is 0.644. The van der Waals surface area contributed by atoms with Gasteiger partial charge in [0.05, 0.1) is 11.6 Å². The fourth-order valence-corrected chi connectivity index (χ4v) is 3.14. The van der Waals surface area contributed by atoms with Crippen LogP contribution in [0.2, 0.25) is 0 Å².